The number of nitro groups is 1. The van der Waals surface area contributed by atoms with Gasteiger partial charge in [0.1, 0.15) is 0 Å². The third-order valence-electron chi connectivity index (χ3n) is 3.36. The number of nitrogens with zero attached hydrogens (tertiary/aromatic N) is 1. The van der Waals surface area contributed by atoms with Gasteiger partial charge >= 0.3 is 6.09 Å². The van der Waals surface area contributed by atoms with Gasteiger partial charge in [-0.1, -0.05) is 6.07 Å². The number of rotatable bonds is 6. The first-order valence-electron chi connectivity index (χ1n) is 7.54. The van der Waals surface area contributed by atoms with E-state index in [1.165, 1.54) is 36.4 Å². The van der Waals surface area contributed by atoms with Crippen molar-refractivity contribution in [2.24, 2.45) is 0 Å². The zero-order chi connectivity index (χ0) is 19.3. The fourth-order valence-corrected chi connectivity index (χ4v) is 3.16. The fraction of sp³-hybridized carbons (Fsp3) is 0.188. The molecular weight excluding hydrogens is 362 g/mol. The van der Waals surface area contributed by atoms with E-state index in [0.717, 1.165) is 6.07 Å². The van der Waals surface area contributed by atoms with Crippen LogP contribution in [0.3, 0.4) is 0 Å². The molecule has 0 saturated carbocycles. The molecule has 138 valence electrons. The molecule has 0 aliphatic carbocycles. The van der Waals surface area contributed by atoms with Crippen molar-refractivity contribution in [1.29, 1.82) is 0 Å². The third kappa shape index (κ3) is 4.70. The predicted molar refractivity (Wildman–Crippen MR) is 95.7 cm³/mol. The standard InChI is InChI=1S/C16H17N3O6S/c1-3-25-16(20)17-12-5-8-14(9-6-12)26(23,24)18-15-10-13(19(21)22)7-4-11(15)2/h4-10,18H,3H2,1-2H3,(H,17,20). The van der Waals surface area contributed by atoms with Gasteiger partial charge in [0.15, 0.2) is 0 Å². The highest BCUT2D eigenvalue weighted by Gasteiger charge is 2.17. The number of aryl methyl sites for hydroxylation is 1. The van der Waals surface area contributed by atoms with Gasteiger partial charge in [-0.15, -0.1) is 0 Å². The first-order chi connectivity index (χ1) is 12.2. The Labute approximate surface area is 150 Å². The van der Waals surface area contributed by atoms with Crippen LogP contribution in [0.1, 0.15) is 12.5 Å². The van der Waals surface area contributed by atoms with Crippen molar-refractivity contribution in [3.63, 3.8) is 0 Å². The Hall–Kier alpha value is -3.14. The van der Waals surface area contributed by atoms with Gasteiger partial charge in [-0.2, -0.15) is 0 Å². The summed E-state index contributed by atoms with van der Waals surface area (Å²) < 4.78 is 32.0. The number of anilines is 2. The maximum absolute atomic E-state index is 12.5. The molecule has 0 spiro atoms. The van der Waals surface area contributed by atoms with Crippen molar-refractivity contribution >= 4 is 33.2 Å². The lowest BCUT2D eigenvalue weighted by Gasteiger charge is -2.11. The fourth-order valence-electron chi connectivity index (χ4n) is 2.04. The van der Waals surface area contributed by atoms with Crippen molar-refractivity contribution in [3.05, 3.63) is 58.1 Å². The number of benzene rings is 2. The molecule has 2 rings (SSSR count). The Morgan fingerprint density at radius 2 is 1.85 bits per heavy atom. The molecule has 0 unspecified atom stereocenters. The van der Waals surface area contributed by atoms with Crippen LogP contribution in [0, 0.1) is 17.0 Å². The topological polar surface area (TPSA) is 128 Å². The molecule has 0 radical (unpaired) electrons. The number of hydrogen-bond acceptors (Lipinski definition) is 6. The predicted octanol–water partition coefficient (Wildman–Crippen LogP) is 3.27. The number of ether oxygens (including phenoxy) is 1. The molecule has 10 heteroatoms. The molecule has 0 fully saturated rings. The highest BCUT2D eigenvalue weighted by Crippen LogP contribution is 2.25. The molecule has 0 aliphatic rings. The summed E-state index contributed by atoms with van der Waals surface area (Å²) in [5.41, 5.74) is 0.809. The second kappa shape index (κ2) is 7.83. The van der Waals surface area contributed by atoms with Gasteiger partial charge < -0.3 is 4.74 Å². The van der Waals surface area contributed by atoms with Crippen molar-refractivity contribution < 1.29 is 22.9 Å². The molecule has 0 aromatic heterocycles. The van der Waals surface area contributed by atoms with Gasteiger partial charge in [0.25, 0.3) is 15.7 Å². The third-order valence-corrected chi connectivity index (χ3v) is 4.74. The Bertz CT molecular complexity index is 926. The van der Waals surface area contributed by atoms with Crippen LogP contribution in [0.15, 0.2) is 47.4 Å². The average molecular weight is 379 g/mol. The molecule has 2 N–H and O–H groups in total. The van der Waals surface area contributed by atoms with Crippen LogP contribution in [0.4, 0.5) is 21.9 Å². The molecule has 0 heterocycles. The van der Waals surface area contributed by atoms with E-state index in [-0.39, 0.29) is 22.9 Å². The molecule has 1 amide bonds. The monoisotopic (exact) mass is 379 g/mol. The first kappa shape index (κ1) is 19.2. The number of amides is 1. The zero-order valence-electron chi connectivity index (χ0n) is 14.1. The van der Waals surface area contributed by atoms with E-state index in [0.29, 0.717) is 11.3 Å². The van der Waals surface area contributed by atoms with Crippen molar-refractivity contribution in [1.82, 2.24) is 0 Å². The van der Waals surface area contributed by atoms with Crippen molar-refractivity contribution in [3.8, 4) is 0 Å². The minimum absolute atomic E-state index is 0.0576. The molecule has 26 heavy (non-hydrogen) atoms. The number of carbonyl (C=O) groups is 1. The van der Waals surface area contributed by atoms with Gasteiger partial charge in [-0.3, -0.25) is 20.2 Å². The second-order valence-corrected chi connectivity index (χ2v) is 6.91. The molecule has 2 aromatic rings. The Morgan fingerprint density at radius 1 is 1.19 bits per heavy atom. The highest BCUT2D eigenvalue weighted by atomic mass is 32.2. The number of carbonyl (C=O) groups excluding carboxylic acids is 1. The van der Waals surface area contributed by atoms with E-state index < -0.39 is 21.0 Å². The van der Waals surface area contributed by atoms with Gasteiger partial charge in [-0.25, -0.2) is 13.2 Å². The van der Waals surface area contributed by atoms with E-state index in [4.69, 9.17) is 4.74 Å². The summed E-state index contributed by atoms with van der Waals surface area (Å²) in [6.07, 6.45) is -0.645. The molecule has 0 atom stereocenters. The van der Waals surface area contributed by atoms with E-state index in [9.17, 15) is 23.3 Å². The van der Waals surface area contributed by atoms with E-state index in [2.05, 4.69) is 10.0 Å². The maximum atomic E-state index is 12.5. The van der Waals surface area contributed by atoms with Crippen LogP contribution in [0.5, 0.6) is 0 Å². The van der Waals surface area contributed by atoms with Crippen LogP contribution in [-0.4, -0.2) is 26.0 Å². The van der Waals surface area contributed by atoms with Crippen LogP contribution in [-0.2, 0) is 14.8 Å². The van der Waals surface area contributed by atoms with Crippen LogP contribution in [0.25, 0.3) is 0 Å². The van der Waals surface area contributed by atoms with Gasteiger partial charge in [0, 0.05) is 17.8 Å². The lowest BCUT2D eigenvalue weighted by atomic mass is 10.2. The van der Waals surface area contributed by atoms with Crippen LogP contribution >= 0.6 is 0 Å². The summed E-state index contributed by atoms with van der Waals surface area (Å²) in [6, 6.07) is 9.33. The number of hydrogen-bond donors (Lipinski definition) is 2. The van der Waals surface area contributed by atoms with E-state index >= 15 is 0 Å². The summed E-state index contributed by atoms with van der Waals surface area (Å²) in [6.45, 7) is 3.51. The summed E-state index contributed by atoms with van der Waals surface area (Å²) >= 11 is 0. The summed E-state index contributed by atoms with van der Waals surface area (Å²) in [5.74, 6) is 0. The van der Waals surface area contributed by atoms with E-state index in [1.807, 2.05) is 0 Å². The minimum Gasteiger partial charge on any atom is -0.450 e. The summed E-state index contributed by atoms with van der Waals surface area (Å²) in [4.78, 5) is 21.5. The average Bonchev–Trinajstić information content (AvgIpc) is 2.57. The molecule has 0 aliphatic heterocycles. The largest absolute Gasteiger partial charge is 0.450 e. The highest BCUT2D eigenvalue weighted by molar-refractivity contribution is 7.92. The Balaban J connectivity index is 2.21. The van der Waals surface area contributed by atoms with Gasteiger partial charge in [0.2, 0.25) is 0 Å². The molecule has 0 bridgehead atoms. The summed E-state index contributed by atoms with van der Waals surface area (Å²) in [7, 11) is -3.95. The van der Waals surface area contributed by atoms with Crippen molar-refractivity contribution in [2.45, 2.75) is 18.7 Å². The Kier molecular flexibility index (Phi) is 5.78. The van der Waals surface area contributed by atoms with Gasteiger partial charge in [0.05, 0.1) is 22.1 Å². The number of nitrogens with one attached hydrogen (secondary N) is 2. The van der Waals surface area contributed by atoms with Crippen LogP contribution in [0.2, 0.25) is 0 Å². The minimum atomic E-state index is -3.95. The lowest BCUT2D eigenvalue weighted by molar-refractivity contribution is -0.384. The SMILES string of the molecule is CCOC(=O)Nc1ccc(S(=O)(=O)Nc2cc([N+](=O)[O-])ccc2C)cc1. The molecule has 2 aromatic carbocycles. The zero-order valence-corrected chi connectivity index (χ0v) is 14.9. The first-order valence-corrected chi connectivity index (χ1v) is 9.03. The molecular formula is C16H17N3O6S. The second-order valence-electron chi connectivity index (χ2n) is 5.23. The quantitative estimate of drug-likeness (QED) is 0.585. The molecule has 9 nitrogen and oxygen atoms in total. The lowest BCUT2D eigenvalue weighted by Crippen LogP contribution is -2.15. The summed E-state index contributed by atoms with van der Waals surface area (Å²) in [5, 5.41) is 13.3. The normalized spacial score (nSPS) is 10.8. The molecule has 0 saturated heterocycles. The van der Waals surface area contributed by atoms with E-state index in [1.54, 1.807) is 13.8 Å². The smallest absolute Gasteiger partial charge is 0.411 e. The van der Waals surface area contributed by atoms with Gasteiger partial charge in [-0.05, 0) is 43.7 Å². The Morgan fingerprint density at radius 3 is 2.42 bits per heavy atom. The number of nitro benzene ring substituents is 1. The number of non-ortho nitro benzene ring substituents is 1. The van der Waals surface area contributed by atoms with Crippen LogP contribution < -0.4 is 10.0 Å². The number of sulfonamides is 1. The van der Waals surface area contributed by atoms with Crippen molar-refractivity contribution in [2.75, 3.05) is 16.6 Å². The maximum Gasteiger partial charge on any atom is 0.411 e.